The number of rotatable bonds is 3. The number of cyclic esters (lactones) is 1. The third-order valence-electron chi connectivity index (χ3n) is 4.11. The first kappa shape index (κ1) is 12.4. The first-order valence-corrected chi connectivity index (χ1v) is 6.46. The van der Waals surface area contributed by atoms with E-state index in [2.05, 4.69) is 4.74 Å². The highest BCUT2D eigenvalue weighted by Gasteiger charge is 2.42. The minimum absolute atomic E-state index is 0.177. The van der Waals surface area contributed by atoms with Crippen LogP contribution in [0.3, 0.4) is 0 Å². The molecular formula is C13H20O4. The SMILES string of the molecule is COC(=O)C[C@@H]1C(=O)OC[C@H]1C1CCCCC1. The Morgan fingerprint density at radius 3 is 2.71 bits per heavy atom. The molecule has 0 amide bonds. The van der Waals surface area contributed by atoms with E-state index >= 15 is 0 Å². The van der Waals surface area contributed by atoms with E-state index in [1.54, 1.807) is 0 Å². The van der Waals surface area contributed by atoms with E-state index in [-0.39, 0.29) is 30.2 Å². The van der Waals surface area contributed by atoms with Crippen LogP contribution in [-0.4, -0.2) is 25.7 Å². The molecule has 0 bridgehead atoms. The number of esters is 2. The normalized spacial score (nSPS) is 30.1. The summed E-state index contributed by atoms with van der Waals surface area (Å²) < 4.78 is 9.78. The molecule has 2 aliphatic rings. The number of hydrogen-bond acceptors (Lipinski definition) is 4. The topological polar surface area (TPSA) is 52.6 Å². The van der Waals surface area contributed by atoms with Gasteiger partial charge in [0.1, 0.15) is 0 Å². The van der Waals surface area contributed by atoms with Crippen LogP contribution in [0.2, 0.25) is 0 Å². The molecule has 2 atom stereocenters. The van der Waals surface area contributed by atoms with Gasteiger partial charge in [-0.3, -0.25) is 9.59 Å². The standard InChI is InChI=1S/C13H20O4/c1-16-12(14)7-10-11(8-17-13(10)15)9-5-3-2-4-6-9/h9-11H,2-8H2,1H3/t10-,11-/m0/s1. The lowest BCUT2D eigenvalue weighted by Gasteiger charge is -2.28. The Hall–Kier alpha value is -1.06. The number of carbonyl (C=O) groups excluding carboxylic acids is 2. The van der Waals surface area contributed by atoms with Gasteiger partial charge in [-0.1, -0.05) is 32.1 Å². The molecule has 4 nitrogen and oxygen atoms in total. The highest BCUT2D eigenvalue weighted by atomic mass is 16.5. The first-order valence-electron chi connectivity index (χ1n) is 6.46. The Morgan fingerprint density at radius 1 is 1.35 bits per heavy atom. The van der Waals surface area contributed by atoms with E-state index in [1.165, 1.54) is 39.2 Å². The Bertz CT molecular complexity index is 294. The molecule has 1 aliphatic carbocycles. The van der Waals surface area contributed by atoms with Gasteiger partial charge in [-0.05, 0) is 5.92 Å². The Kier molecular flexibility index (Phi) is 4.02. The van der Waals surface area contributed by atoms with Gasteiger partial charge in [-0.15, -0.1) is 0 Å². The molecule has 0 radical (unpaired) electrons. The first-order chi connectivity index (χ1) is 8.22. The zero-order chi connectivity index (χ0) is 12.3. The average molecular weight is 240 g/mol. The van der Waals surface area contributed by atoms with Crippen LogP contribution in [0.15, 0.2) is 0 Å². The third-order valence-corrected chi connectivity index (χ3v) is 4.11. The van der Waals surface area contributed by atoms with Crippen molar-refractivity contribution in [2.75, 3.05) is 13.7 Å². The lowest BCUT2D eigenvalue weighted by Crippen LogP contribution is -2.28. The van der Waals surface area contributed by atoms with Crippen LogP contribution >= 0.6 is 0 Å². The van der Waals surface area contributed by atoms with E-state index in [0.29, 0.717) is 12.5 Å². The van der Waals surface area contributed by atoms with Gasteiger partial charge in [0.25, 0.3) is 0 Å². The molecule has 2 fully saturated rings. The van der Waals surface area contributed by atoms with Crippen molar-refractivity contribution in [3.05, 3.63) is 0 Å². The molecule has 1 saturated heterocycles. The summed E-state index contributed by atoms with van der Waals surface area (Å²) in [5.41, 5.74) is 0. The summed E-state index contributed by atoms with van der Waals surface area (Å²) >= 11 is 0. The van der Waals surface area contributed by atoms with Crippen LogP contribution in [0.4, 0.5) is 0 Å². The van der Waals surface area contributed by atoms with E-state index in [0.717, 1.165) is 0 Å². The molecule has 0 aromatic rings. The van der Waals surface area contributed by atoms with Crippen molar-refractivity contribution >= 4 is 11.9 Å². The fourth-order valence-corrected chi connectivity index (χ4v) is 3.10. The predicted molar refractivity (Wildman–Crippen MR) is 61.1 cm³/mol. The summed E-state index contributed by atoms with van der Waals surface area (Å²) in [4.78, 5) is 23.0. The molecule has 0 aromatic heterocycles. The van der Waals surface area contributed by atoms with Gasteiger partial charge in [0.05, 0.1) is 26.1 Å². The number of hydrogen-bond donors (Lipinski definition) is 0. The van der Waals surface area contributed by atoms with E-state index in [1.807, 2.05) is 0 Å². The molecule has 17 heavy (non-hydrogen) atoms. The Balaban J connectivity index is 1.99. The fourth-order valence-electron chi connectivity index (χ4n) is 3.10. The number of methoxy groups -OCH3 is 1. The van der Waals surface area contributed by atoms with Crippen LogP contribution in [0.5, 0.6) is 0 Å². The second-order valence-corrected chi connectivity index (χ2v) is 5.08. The van der Waals surface area contributed by atoms with Crippen LogP contribution in [0.1, 0.15) is 38.5 Å². The zero-order valence-electron chi connectivity index (χ0n) is 10.3. The largest absolute Gasteiger partial charge is 0.469 e. The van der Waals surface area contributed by atoms with Crippen LogP contribution in [0.25, 0.3) is 0 Å². The van der Waals surface area contributed by atoms with Crippen molar-refractivity contribution < 1.29 is 19.1 Å². The van der Waals surface area contributed by atoms with Crippen molar-refractivity contribution in [3.8, 4) is 0 Å². The minimum Gasteiger partial charge on any atom is -0.469 e. The van der Waals surface area contributed by atoms with Crippen molar-refractivity contribution in [1.29, 1.82) is 0 Å². The van der Waals surface area contributed by atoms with Gasteiger partial charge in [-0.2, -0.15) is 0 Å². The molecule has 0 spiro atoms. The molecule has 0 aromatic carbocycles. The van der Waals surface area contributed by atoms with Crippen LogP contribution in [0, 0.1) is 17.8 Å². The predicted octanol–water partition coefficient (Wildman–Crippen LogP) is 1.92. The van der Waals surface area contributed by atoms with E-state index < -0.39 is 0 Å². The lowest BCUT2D eigenvalue weighted by molar-refractivity contribution is -0.148. The zero-order valence-corrected chi connectivity index (χ0v) is 10.3. The summed E-state index contributed by atoms with van der Waals surface area (Å²) in [7, 11) is 1.36. The van der Waals surface area contributed by atoms with Gasteiger partial charge >= 0.3 is 11.9 Å². The average Bonchev–Trinajstić information content (AvgIpc) is 2.72. The van der Waals surface area contributed by atoms with Crippen LogP contribution in [-0.2, 0) is 19.1 Å². The molecule has 96 valence electrons. The molecule has 1 heterocycles. The summed E-state index contributed by atoms with van der Waals surface area (Å²) in [5.74, 6) is -0.0297. The maximum Gasteiger partial charge on any atom is 0.309 e. The highest BCUT2D eigenvalue weighted by molar-refractivity contribution is 5.81. The monoisotopic (exact) mass is 240 g/mol. The summed E-state index contributed by atoms with van der Waals surface area (Å²) in [5, 5.41) is 0. The minimum atomic E-state index is -0.311. The van der Waals surface area contributed by atoms with Crippen molar-refractivity contribution in [3.63, 3.8) is 0 Å². The molecule has 1 aliphatic heterocycles. The second-order valence-electron chi connectivity index (χ2n) is 5.08. The second kappa shape index (κ2) is 5.52. The van der Waals surface area contributed by atoms with Crippen LogP contribution < -0.4 is 0 Å². The summed E-state index contributed by atoms with van der Waals surface area (Å²) in [6, 6.07) is 0. The van der Waals surface area contributed by atoms with Gasteiger partial charge < -0.3 is 9.47 Å². The van der Waals surface area contributed by atoms with Gasteiger partial charge in [0, 0.05) is 5.92 Å². The quantitative estimate of drug-likeness (QED) is 0.707. The van der Waals surface area contributed by atoms with Crippen molar-refractivity contribution in [1.82, 2.24) is 0 Å². The van der Waals surface area contributed by atoms with Gasteiger partial charge in [0.2, 0.25) is 0 Å². The van der Waals surface area contributed by atoms with E-state index in [4.69, 9.17) is 4.74 Å². The van der Waals surface area contributed by atoms with Gasteiger partial charge in [0.15, 0.2) is 0 Å². The smallest absolute Gasteiger partial charge is 0.309 e. The van der Waals surface area contributed by atoms with Crippen molar-refractivity contribution in [2.45, 2.75) is 38.5 Å². The number of carbonyl (C=O) groups is 2. The maximum absolute atomic E-state index is 11.6. The van der Waals surface area contributed by atoms with E-state index in [9.17, 15) is 9.59 Å². The fraction of sp³-hybridized carbons (Fsp3) is 0.846. The third kappa shape index (κ3) is 2.79. The Morgan fingerprint density at radius 2 is 2.06 bits per heavy atom. The summed E-state index contributed by atoms with van der Waals surface area (Å²) in [6.07, 6.45) is 6.27. The lowest BCUT2D eigenvalue weighted by atomic mass is 9.74. The molecule has 2 rings (SSSR count). The summed E-state index contributed by atoms with van der Waals surface area (Å²) in [6.45, 7) is 0.491. The molecule has 4 heteroatoms. The van der Waals surface area contributed by atoms with Crippen molar-refractivity contribution in [2.24, 2.45) is 17.8 Å². The molecule has 1 saturated carbocycles. The highest BCUT2D eigenvalue weighted by Crippen LogP contribution is 2.39. The molecule has 0 N–H and O–H groups in total. The maximum atomic E-state index is 11.6. The molecule has 0 unspecified atom stereocenters. The number of ether oxygens (including phenoxy) is 2. The Labute approximate surface area is 102 Å². The molecular weight excluding hydrogens is 220 g/mol. The van der Waals surface area contributed by atoms with Gasteiger partial charge in [-0.25, -0.2) is 0 Å².